The van der Waals surface area contributed by atoms with Gasteiger partial charge in [-0.1, -0.05) is 24.3 Å². The Bertz CT molecular complexity index is 1310. The van der Waals surface area contributed by atoms with E-state index < -0.39 is 21.7 Å². The van der Waals surface area contributed by atoms with E-state index in [1.165, 1.54) is 18.3 Å². The van der Waals surface area contributed by atoms with Crippen molar-refractivity contribution in [3.8, 4) is 0 Å². The van der Waals surface area contributed by atoms with Crippen LogP contribution in [0.2, 0.25) is 0 Å². The Morgan fingerprint density at radius 1 is 0.900 bits per heavy atom. The van der Waals surface area contributed by atoms with E-state index in [4.69, 9.17) is 0 Å². The maximum Gasteiger partial charge on any atom is 0.263 e. The fourth-order valence-electron chi connectivity index (χ4n) is 2.91. The molecule has 2 aromatic carbocycles. The highest BCUT2D eigenvalue weighted by Gasteiger charge is 2.16. The molecule has 2 N–H and O–H groups in total. The van der Waals surface area contributed by atoms with Crippen molar-refractivity contribution < 1.29 is 17.2 Å². The zero-order valence-electron chi connectivity index (χ0n) is 15.5. The van der Waals surface area contributed by atoms with Crippen LogP contribution in [0.1, 0.15) is 5.56 Å². The minimum Gasteiger partial charge on any atom is -0.366 e. The molecule has 2 heterocycles. The summed E-state index contributed by atoms with van der Waals surface area (Å²) < 4.78 is 53.4. The number of pyridine rings is 2. The molecule has 30 heavy (non-hydrogen) atoms. The van der Waals surface area contributed by atoms with Gasteiger partial charge in [-0.15, -0.1) is 0 Å². The van der Waals surface area contributed by atoms with Crippen molar-refractivity contribution in [3.05, 3.63) is 90.3 Å². The maximum atomic E-state index is 13.3. The smallest absolute Gasteiger partial charge is 0.263 e. The highest BCUT2D eigenvalue weighted by molar-refractivity contribution is 7.92. The highest BCUT2D eigenvalue weighted by atomic mass is 32.2. The molecule has 4 aromatic rings. The maximum absolute atomic E-state index is 13.3. The van der Waals surface area contributed by atoms with Crippen molar-refractivity contribution in [2.24, 2.45) is 0 Å². The number of anilines is 2. The zero-order valence-corrected chi connectivity index (χ0v) is 16.3. The molecule has 0 fully saturated rings. The molecule has 0 saturated carbocycles. The first-order valence-corrected chi connectivity index (χ1v) is 10.4. The van der Waals surface area contributed by atoms with Gasteiger partial charge in [0.25, 0.3) is 10.0 Å². The Kier molecular flexibility index (Phi) is 5.28. The Hall–Kier alpha value is -3.59. The van der Waals surface area contributed by atoms with Crippen molar-refractivity contribution in [3.63, 3.8) is 0 Å². The second-order valence-corrected chi connectivity index (χ2v) is 8.14. The number of hydrogen-bond acceptors (Lipinski definition) is 5. The molecule has 9 heteroatoms. The quantitative estimate of drug-likeness (QED) is 0.480. The fourth-order valence-corrected chi connectivity index (χ4v) is 3.91. The number of para-hydroxylation sites is 1. The van der Waals surface area contributed by atoms with Gasteiger partial charge in [0.1, 0.15) is 10.7 Å². The van der Waals surface area contributed by atoms with E-state index in [0.717, 1.165) is 34.7 Å². The molecule has 0 aliphatic carbocycles. The van der Waals surface area contributed by atoms with Crippen molar-refractivity contribution in [2.75, 3.05) is 10.0 Å². The Labute approximate surface area is 171 Å². The summed E-state index contributed by atoms with van der Waals surface area (Å²) >= 11 is 0. The van der Waals surface area contributed by atoms with E-state index in [1.54, 1.807) is 6.20 Å². The topological polar surface area (TPSA) is 84.0 Å². The molecule has 0 unspecified atom stereocenters. The van der Waals surface area contributed by atoms with Gasteiger partial charge >= 0.3 is 0 Å². The first-order valence-electron chi connectivity index (χ1n) is 8.93. The SMILES string of the molecule is O=S(=O)(Nc1ccc(F)c(F)c1)c1ccc(NCc2cccc3cccnc23)nc1. The van der Waals surface area contributed by atoms with Crippen LogP contribution in [0, 0.1) is 11.6 Å². The number of fused-ring (bicyclic) bond motifs is 1. The fraction of sp³-hybridized carbons (Fsp3) is 0.0476. The zero-order chi connectivity index (χ0) is 21.1. The van der Waals surface area contributed by atoms with Gasteiger partial charge in [-0.2, -0.15) is 0 Å². The summed E-state index contributed by atoms with van der Waals surface area (Å²) in [7, 11) is -4.00. The lowest BCUT2D eigenvalue weighted by atomic mass is 10.1. The molecule has 0 aliphatic heterocycles. The molecule has 152 valence electrons. The molecule has 0 bridgehead atoms. The number of hydrogen-bond donors (Lipinski definition) is 2. The van der Waals surface area contributed by atoms with E-state index in [-0.39, 0.29) is 10.6 Å². The third kappa shape index (κ3) is 4.20. The number of nitrogens with zero attached hydrogens (tertiary/aromatic N) is 2. The van der Waals surface area contributed by atoms with Crippen LogP contribution >= 0.6 is 0 Å². The summed E-state index contributed by atoms with van der Waals surface area (Å²) in [5, 5.41) is 4.16. The van der Waals surface area contributed by atoms with Gasteiger partial charge in [-0.3, -0.25) is 9.71 Å². The van der Waals surface area contributed by atoms with Gasteiger partial charge in [-0.05, 0) is 35.9 Å². The first kappa shape index (κ1) is 19.7. The van der Waals surface area contributed by atoms with Crippen molar-refractivity contribution in [1.29, 1.82) is 0 Å². The van der Waals surface area contributed by atoms with Crippen LogP contribution in [-0.4, -0.2) is 18.4 Å². The summed E-state index contributed by atoms with van der Waals surface area (Å²) in [5.74, 6) is -1.72. The summed E-state index contributed by atoms with van der Waals surface area (Å²) in [4.78, 5) is 8.41. The summed E-state index contributed by atoms with van der Waals surface area (Å²) in [5.41, 5.74) is 1.77. The van der Waals surface area contributed by atoms with Gasteiger partial charge in [0.15, 0.2) is 11.6 Å². The second kappa shape index (κ2) is 8.03. The number of nitrogens with one attached hydrogen (secondary N) is 2. The van der Waals surface area contributed by atoms with E-state index in [1.807, 2.05) is 30.3 Å². The third-order valence-electron chi connectivity index (χ3n) is 4.39. The molecule has 2 aromatic heterocycles. The molecule has 0 radical (unpaired) electrons. The van der Waals surface area contributed by atoms with Crippen LogP contribution in [0.3, 0.4) is 0 Å². The molecule has 0 saturated heterocycles. The summed E-state index contributed by atoms with van der Waals surface area (Å²) in [6.07, 6.45) is 2.91. The van der Waals surface area contributed by atoms with Crippen LogP contribution in [-0.2, 0) is 16.6 Å². The van der Waals surface area contributed by atoms with Gasteiger partial charge < -0.3 is 5.32 Å². The predicted molar refractivity (Wildman–Crippen MR) is 110 cm³/mol. The number of benzene rings is 2. The van der Waals surface area contributed by atoms with Crippen LogP contribution in [0.15, 0.2) is 78.0 Å². The summed E-state index contributed by atoms with van der Waals surface area (Å²) in [6.45, 7) is 0.459. The van der Waals surface area contributed by atoms with Gasteiger partial charge in [-0.25, -0.2) is 22.2 Å². The predicted octanol–water partition coefficient (Wildman–Crippen LogP) is 4.32. The van der Waals surface area contributed by atoms with Gasteiger partial charge in [0.2, 0.25) is 0 Å². The van der Waals surface area contributed by atoms with E-state index >= 15 is 0 Å². The molecule has 6 nitrogen and oxygen atoms in total. The first-order chi connectivity index (χ1) is 14.4. The normalized spacial score (nSPS) is 11.4. The lowest BCUT2D eigenvalue weighted by Crippen LogP contribution is -2.14. The molecule has 0 spiro atoms. The minimum absolute atomic E-state index is 0.0837. The van der Waals surface area contributed by atoms with Crippen LogP contribution in [0.25, 0.3) is 10.9 Å². The number of halogens is 2. The number of rotatable bonds is 6. The van der Waals surface area contributed by atoms with Crippen molar-refractivity contribution in [2.45, 2.75) is 11.4 Å². The van der Waals surface area contributed by atoms with E-state index in [0.29, 0.717) is 12.4 Å². The van der Waals surface area contributed by atoms with Crippen LogP contribution in [0.4, 0.5) is 20.3 Å². The number of sulfonamides is 1. The average Bonchev–Trinajstić information content (AvgIpc) is 2.75. The summed E-state index contributed by atoms with van der Waals surface area (Å²) in [6, 6.07) is 15.4. The molecular formula is C21H16F2N4O2S. The van der Waals surface area contributed by atoms with E-state index in [9.17, 15) is 17.2 Å². The van der Waals surface area contributed by atoms with Crippen molar-refractivity contribution in [1.82, 2.24) is 9.97 Å². The second-order valence-electron chi connectivity index (χ2n) is 6.46. The molecule has 4 rings (SSSR count). The molecule has 0 atom stereocenters. The molecule has 0 amide bonds. The minimum atomic E-state index is -4.00. The largest absolute Gasteiger partial charge is 0.366 e. The monoisotopic (exact) mass is 426 g/mol. The van der Waals surface area contributed by atoms with Gasteiger partial charge in [0.05, 0.1) is 11.2 Å². The lowest BCUT2D eigenvalue weighted by molar-refractivity contribution is 0.509. The van der Waals surface area contributed by atoms with Gasteiger partial charge in [0, 0.05) is 30.4 Å². The van der Waals surface area contributed by atoms with Crippen molar-refractivity contribution >= 4 is 32.4 Å². The van der Waals surface area contributed by atoms with Crippen LogP contribution < -0.4 is 10.0 Å². The van der Waals surface area contributed by atoms with E-state index in [2.05, 4.69) is 20.0 Å². The Balaban J connectivity index is 1.47. The van der Waals surface area contributed by atoms with Crippen LogP contribution in [0.5, 0.6) is 0 Å². The highest BCUT2D eigenvalue weighted by Crippen LogP contribution is 2.20. The molecular weight excluding hydrogens is 410 g/mol. The third-order valence-corrected chi connectivity index (χ3v) is 5.76. The Morgan fingerprint density at radius 3 is 2.50 bits per heavy atom. The number of aromatic nitrogens is 2. The average molecular weight is 426 g/mol. The lowest BCUT2D eigenvalue weighted by Gasteiger charge is -2.10. The standard InChI is InChI=1S/C21H16F2N4O2S/c22-18-8-6-16(11-19(18)23)27-30(28,29)17-7-9-20(26-13-17)25-12-15-4-1-3-14-5-2-10-24-21(14)15/h1-11,13,27H,12H2,(H,25,26). The molecule has 0 aliphatic rings. The Morgan fingerprint density at radius 2 is 1.73 bits per heavy atom.